The van der Waals surface area contributed by atoms with Gasteiger partial charge in [-0.3, -0.25) is 0 Å². The third-order valence-electron chi connectivity index (χ3n) is 1.18. The molecule has 0 amide bonds. The van der Waals surface area contributed by atoms with Gasteiger partial charge in [-0.1, -0.05) is 0 Å². The van der Waals surface area contributed by atoms with Crippen LogP contribution in [-0.4, -0.2) is 4.57 Å². The zero-order valence-corrected chi connectivity index (χ0v) is 7.08. The van der Waals surface area contributed by atoms with Crippen LogP contribution in [0.4, 0.5) is 0 Å². The van der Waals surface area contributed by atoms with Crippen molar-refractivity contribution in [3.8, 4) is 6.07 Å². The molecule has 0 atom stereocenters. The van der Waals surface area contributed by atoms with Gasteiger partial charge in [0.1, 0.15) is 11.8 Å². The van der Waals surface area contributed by atoms with Crippen LogP contribution in [-0.2, 0) is 7.05 Å². The summed E-state index contributed by atoms with van der Waals surface area (Å²) in [5.74, 6) is 0. The fourth-order valence-electron chi connectivity index (χ4n) is 0.599. The normalized spacial score (nSPS) is 9.00. The molecule has 1 heterocycles. The van der Waals surface area contributed by atoms with E-state index < -0.39 is 0 Å². The van der Waals surface area contributed by atoms with Crippen LogP contribution < -0.4 is 0 Å². The summed E-state index contributed by atoms with van der Waals surface area (Å²) >= 11 is 2.18. The van der Waals surface area contributed by atoms with E-state index in [0.717, 1.165) is 3.70 Å². The summed E-state index contributed by atoms with van der Waals surface area (Å²) in [7, 11) is 1.88. The van der Waals surface area contributed by atoms with Gasteiger partial charge in [0.15, 0.2) is 0 Å². The van der Waals surface area contributed by atoms with E-state index >= 15 is 0 Å². The molecule has 0 radical (unpaired) electrons. The molecule has 46 valence electrons. The number of hydrogen-bond donors (Lipinski definition) is 0. The third kappa shape index (κ3) is 1.08. The van der Waals surface area contributed by atoms with Crippen LogP contribution in [0.3, 0.4) is 0 Å². The molecular weight excluding hydrogens is 227 g/mol. The highest BCUT2D eigenvalue weighted by Gasteiger charge is 1.97. The summed E-state index contributed by atoms with van der Waals surface area (Å²) in [6, 6.07) is 5.80. The maximum Gasteiger partial charge on any atom is 0.120 e. The quantitative estimate of drug-likeness (QED) is 0.623. The Kier molecular flexibility index (Phi) is 1.76. The van der Waals surface area contributed by atoms with E-state index in [9.17, 15) is 0 Å². The molecule has 0 aliphatic carbocycles. The Morgan fingerprint density at radius 2 is 2.33 bits per heavy atom. The lowest BCUT2D eigenvalue weighted by Gasteiger charge is -1.92. The molecule has 1 aromatic rings. The molecule has 2 nitrogen and oxygen atoms in total. The first-order valence-electron chi connectivity index (χ1n) is 2.47. The molecule has 0 bridgehead atoms. The minimum absolute atomic E-state index is 0.708. The lowest BCUT2D eigenvalue weighted by molar-refractivity contribution is 0.881. The van der Waals surface area contributed by atoms with Crippen LogP contribution in [0, 0.1) is 15.0 Å². The molecule has 0 fully saturated rings. The van der Waals surface area contributed by atoms with Gasteiger partial charge < -0.3 is 4.57 Å². The van der Waals surface area contributed by atoms with Crippen molar-refractivity contribution < 1.29 is 0 Å². The average molecular weight is 232 g/mol. The third-order valence-corrected chi connectivity index (χ3v) is 2.26. The van der Waals surface area contributed by atoms with E-state index in [-0.39, 0.29) is 0 Å². The highest BCUT2D eigenvalue weighted by atomic mass is 127. The van der Waals surface area contributed by atoms with Crippen LogP contribution in [0.5, 0.6) is 0 Å². The summed E-state index contributed by atoms with van der Waals surface area (Å²) in [5, 5.41) is 8.46. The summed E-state index contributed by atoms with van der Waals surface area (Å²) in [5.41, 5.74) is 0.708. The van der Waals surface area contributed by atoms with E-state index in [1.807, 2.05) is 23.7 Å². The van der Waals surface area contributed by atoms with Gasteiger partial charge in [0, 0.05) is 7.05 Å². The molecule has 3 heteroatoms. The zero-order chi connectivity index (χ0) is 6.85. The van der Waals surface area contributed by atoms with Gasteiger partial charge in [0.05, 0.1) is 3.70 Å². The Balaban J connectivity index is 3.24. The van der Waals surface area contributed by atoms with Crippen molar-refractivity contribution in [3.63, 3.8) is 0 Å². The molecule has 0 aliphatic heterocycles. The van der Waals surface area contributed by atoms with Crippen LogP contribution >= 0.6 is 22.6 Å². The van der Waals surface area contributed by atoms with Gasteiger partial charge in [-0.25, -0.2) is 0 Å². The maximum atomic E-state index is 8.46. The smallest absolute Gasteiger partial charge is 0.120 e. The highest BCUT2D eigenvalue weighted by molar-refractivity contribution is 14.1. The number of hydrogen-bond acceptors (Lipinski definition) is 1. The van der Waals surface area contributed by atoms with Crippen molar-refractivity contribution in [3.05, 3.63) is 21.5 Å². The molecular formula is C6H5IN2. The second-order valence-electron chi connectivity index (χ2n) is 1.71. The Morgan fingerprint density at radius 3 is 2.56 bits per heavy atom. The fourth-order valence-corrected chi connectivity index (χ4v) is 1.04. The first kappa shape index (κ1) is 6.62. The number of aromatic nitrogens is 1. The Bertz CT molecular complexity index is 257. The predicted molar refractivity (Wildman–Crippen MR) is 42.8 cm³/mol. The molecule has 0 spiro atoms. The van der Waals surface area contributed by atoms with E-state index in [2.05, 4.69) is 28.7 Å². The molecule has 0 saturated heterocycles. The van der Waals surface area contributed by atoms with Gasteiger partial charge in [-0.2, -0.15) is 5.26 Å². The first-order chi connectivity index (χ1) is 4.25. The maximum absolute atomic E-state index is 8.46. The SMILES string of the molecule is Cn1c(I)ccc1C#N. The van der Waals surface area contributed by atoms with Crippen LogP contribution in [0.25, 0.3) is 0 Å². The van der Waals surface area contributed by atoms with Crippen molar-refractivity contribution in [2.75, 3.05) is 0 Å². The van der Waals surface area contributed by atoms with Crippen LogP contribution in [0.15, 0.2) is 12.1 Å². The fraction of sp³-hybridized carbons (Fsp3) is 0.167. The lowest BCUT2D eigenvalue weighted by atomic mass is 10.5. The number of rotatable bonds is 0. The van der Waals surface area contributed by atoms with Gasteiger partial charge in [0.25, 0.3) is 0 Å². The summed E-state index contributed by atoms with van der Waals surface area (Å²) in [4.78, 5) is 0. The predicted octanol–water partition coefficient (Wildman–Crippen LogP) is 1.50. The minimum Gasteiger partial charge on any atom is -0.331 e. The van der Waals surface area contributed by atoms with Crippen molar-refractivity contribution in [2.45, 2.75) is 0 Å². The number of halogens is 1. The molecule has 1 aromatic heterocycles. The van der Waals surface area contributed by atoms with E-state index in [0.29, 0.717) is 5.69 Å². The molecule has 0 unspecified atom stereocenters. The minimum atomic E-state index is 0.708. The second-order valence-corrected chi connectivity index (χ2v) is 2.82. The van der Waals surface area contributed by atoms with Crippen molar-refractivity contribution >= 4 is 22.6 Å². The van der Waals surface area contributed by atoms with Gasteiger partial charge >= 0.3 is 0 Å². The topological polar surface area (TPSA) is 28.7 Å². The van der Waals surface area contributed by atoms with Crippen molar-refractivity contribution in [1.29, 1.82) is 5.26 Å². The van der Waals surface area contributed by atoms with E-state index in [1.165, 1.54) is 0 Å². The second kappa shape index (κ2) is 2.40. The number of nitrogens with zero attached hydrogens (tertiary/aromatic N) is 2. The zero-order valence-electron chi connectivity index (χ0n) is 4.93. The van der Waals surface area contributed by atoms with Crippen molar-refractivity contribution in [1.82, 2.24) is 4.57 Å². The summed E-state index contributed by atoms with van der Waals surface area (Å²) in [6.07, 6.45) is 0. The van der Waals surface area contributed by atoms with Gasteiger partial charge in [0.2, 0.25) is 0 Å². The standard InChI is InChI=1S/C6H5IN2/c1-9-5(4-8)2-3-6(9)7/h2-3H,1H3. The molecule has 0 saturated carbocycles. The largest absolute Gasteiger partial charge is 0.331 e. The van der Waals surface area contributed by atoms with Crippen LogP contribution in [0.1, 0.15) is 5.69 Å². The Morgan fingerprint density at radius 1 is 1.67 bits per heavy atom. The highest BCUT2D eigenvalue weighted by Crippen LogP contribution is 2.07. The Hall–Kier alpha value is -0.500. The molecule has 0 N–H and O–H groups in total. The molecule has 9 heavy (non-hydrogen) atoms. The van der Waals surface area contributed by atoms with E-state index in [1.54, 1.807) is 0 Å². The summed E-state index contributed by atoms with van der Waals surface area (Å²) in [6.45, 7) is 0. The van der Waals surface area contributed by atoms with E-state index in [4.69, 9.17) is 5.26 Å². The average Bonchev–Trinajstić information content (AvgIpc) is 2.15. The Labute approximate surface area is 67.2 Å². The molecule has 0 aromatic carbocycles. The van der Waals surface area contributed by atoms with Gasteiger partial charge in [-0.15, -0.1) is 0 Å². The monoisotopic (exact) mass is 232 g/mol. The van der Waals surface area contributed by atoms with Crippen molar-refractivity contribution in [2.24, 2.45) is 7.05 Å². The summed E-state index contributed by atoms with van der Waals surface area (Å²) < 4.78 is 2.93. The van der Waals surface area contributed by atoms with Crippen LogP contribution in [0.2, 0.25) is 0 Å². The van der Waals surface area contributed by atoms with Gasteiger partial charge in [-0.05, 0) is 34.7 Å². The molecule has 1 rings (SSSR count). The number of nitriles is 1. The molecule has 0 aliphatic rings. The first-order valence-corrected chi connectivity index (χ1v) is 3.55. The lowest BCUT2D eigenvalue weighted by Crippen LogP contribution is -1.92.